The molecule has 110 valence electrons. The summed E-state index contributed by atoms with van der Waals surface area (Å²) in [5.74, 6) is 0.0877. The van der Waals surface area contributed by atoms with Crippen molar-refractivity contribution in [3.8, 4) is 0 Å². The van der Waals surface area contributed by atoms with Crippen molar-refractivity contribution in [2.75, 3.05) is 26.5 Å². The molecule has 0 atom stereocenters. The Balaban J connectivity index is 2.15. The summed E-state index contributed by atoms with van der Waals surface area (Å²) in [6.45, 7) is 5.44. The van der Waals surface area contributed by atoms with Crippen molar-refractivity contribution >= 4 is 6.16 Å². The van der Waals surface area contributed by atoms with Gasteiger partial charge in [0.05, 0.1) is 18.1 Å². The molecule has 1 aliphatic heterocycles. The summed E-state index contributed by atoms with van der Waals surface area (Å²) < 4.78 is 9.38. The lowest BCUT2D eigenvalue weighted by Crippen LogP contribution is -2.51. The summed E-state index contributed by atoms with van der Waals surface area (Å²) in [7, 11) is 0. The van der Waals surface area contributed by atoms with E-state index in [9.17, 15) is 10.0 Å². The Morgan fingerprint density at radius 1 is 1.53 bits per heavy atom. The molecular formula is C10H19N3O6. The van der Waals surface area contributed by atoms with E-state index >= 15 is 0 Å². The molecule has 1 N–H and O–H groups in total. The second kappa shape index (κ2) is 6.41. The van der Waals surface area contributed by atoms with Gasteiger partial charge in [0.25, 0.3) is 6.79 Å². The number of carbonyl (C=O) groups excluding carboxylic acids is 1. The molecule has 0 aliphatic carbocycles. The van der Waals surface area contributed by atoms with Crippen LogP contribution in [0.3, 0.4) is 0 Å². The predicted molar refractivity (Wildman–Crippen MR) is 61.5 cm³/mol. The van der Waals surface area contributed by atoms with E-state index in [2.05, 4.69) is 14.9 Å². The van der Waals surface area contributed by atoms with E-state index in [0.717, 1.165) is 0 Å². The number of hydrogen-bond acceptors (Lipinski definition) is 7. The van der Waals surface area contributed by atoms with Gasteiger partial charge < -0.3 is 24.6 Å². The highest BCUT2D eigenvalue weighted by atomic mass is 16.8. The Hall–Kier alpha value is -1.77. The highest BCUT2D eigenvalue weighted by Gasteiger charge is 2.32. The van der Waals surface area contributed by atoms with Gasteiger partial charge in [0, 0.05) is 12.5 Å². The van der Waals surface area contributed by atoms with E-state index in [1.165, 1.54) is 5.01 Å². The summed E-state index contributed by atoms with van der Waals surface area (Å²) in [6, 6.07) is 0. The van der Waals surface area contributed by atoms with Gasteiger partial charge in [-0.2, -0.15) is 0 Å². The molecule has 1 rings (SSSR count). The molecule has 0 aromatic rings. The molecule has 1 heterocycles. The van der Waals surface area contributed by atoms with Gasteiger partial charge in [0.1, 0.15) is 5.60 Å². The number of carbonyl (C=O) groups is 1. The lowest BCUT2D eigenvalue weighted by Gasteiger charge is -2.32. The second-order valence-electron chi connectivity index (χ2n) is 5.11. The van der Waals surface area contributed by atoms with Gasteiger partial charge in [-0.1, -0.05) is 0 Å². The van der Waals surface area contributed by atoms with E-state index in [1.54, 1.807) is 20.8 Å². The van der Waals surface area contributed by atoms with E-state index in [4.69, 9.17) is 9.84 Å². The number of aliphatic hydroxyl groups is 1. The molecule has 9 nitrogen and oxygen atoms in total. The topological polar surface area (TPSA) is 107 Å². The summed E-state index contributed by atoms with van der Waals surface area (Å²) in [4.78, 5) is 15.9. The zero-order valence-corrected chi connectivity index (χ0v) is 11.2. The third kappa shape index (κ3) is 5.60. The minimum atomic E-state index is -0.899. The number of hydrogen-bond donors (Lipinski definition) is 1. The minimum absolute atomic E-state index is 0.0347. The first kappa shape index (κ1) is 15.3. The maximum absolute atomic E-state index is 11.3. The summed E-state index contributed by atoms with van der Waals surface area (Å²) in [5, 5.41) is 24.5. The van der Waals surface area contributed by atoms with E-state index < -0.39 is 18.5 Å². The minimum Gasteiger partial charge on any atom is -0.569 e. The zero-order chi connectivity index (χ0) is 14.5. The Labute approximate surface area is 110 Å². The molecule has 1 saturated heterocycles. The number of rotatable bonds is 5. The molecule has 0 aromatic heterocycles. The first-order valence-corrected chi connectivity index (χ1v) is 5.83. The van der Waals surface area contributed by atoms with Gasteiger partial charge in [-0.15, -0.1) is 5.01 Å². The van der Waals surface area contributed by atoms with Crippen molar-refractivity contribution in [2.24, 2.45) is 11.2 Å². The zero-order valence-electron chi connectivity index (χ0n) is 11.2. The number of nitrogens with zero attached hydrogens (tertiary/aromatic N) is 3. The standard InChI is InChI=1S/C10H19N3O6/c1-10(2,3)19-9(15)17-7-18-11-13(16)12-4-8(5-12)6-14/h8,14H,4-7H2,1-3H3/b13-11-. The van der Waals surface area contributed by atoms with Crippen LogP contribution < -0.4 is 0 Å². The SMILES string of the molecule is CC(C)(C)OC(=O)OCO/N=[N+](\[O-])N1CC(CO)C1. The molecule has 0 aromatic carbocycles. The highest BCUT2D eigenvalue weighted by molar-refractivity contribution is 5.60. The lowest BCUT2D eigenvalue weighted by molar-refractivity contribution is -0.727. The van der Waals surface area contributed by atoms with E-state index in [-0.39, 0.29) is 17.5 Å². The van der Waals surface area contributed by atoms with Crippen molar-refractivity contribution in [1.82, 2.24) is 5.01 Å². The number of hydrazine groups is 1. The summed E-state index contributed by atoms with van der Waals surface area (Å²) in [6.07, 6.45) is -0.899. The van der Waals surface area contributed by atoms with Crippen molar-refractivity contribution in [1.29, 1.82) is 0 Å². The molecular weight excluding hydrogens is 258 g/mol. The first-order valence-electron chi connectivity index (χ1n) is 5.83. The Morgan fingerprint density at radius 3 is 2.68 bits per heavy atom. The average Bonchev–Trinajstić information content (AvgIpc) is 2.20. The van der Waals surface area contributed by atoms with Crippen molar-refractivity contribution in [3.63, 3.8) is 0 Å². The van der Waals surface area contributed by atoms with Crippen LogP contribution >= 0.6 is 0 Å². The molecule has 0 saturated carbocycles. The highest BCUT2D eigenvalue weighted by Crippen LogP contribution is 2.14. The van der Waals surface area contributed by atoms with Crippen LogP contribution in [0.1, 0.15) is 20.8 Å². The van der Waals surface area contributed by atoms with Gasteiger partial charge in [-0.25, -0.2) is 4.79 Å². The second-order valence-corrected chi connectivity index (χ2v) is 5.11. The van der Waals surface area contributed by atoms with Gasteiger partial charge in [-0.3, -0.25) is 0 Å². The van der Waals surface area contributed by atoms with Gasteiger partial charge >= 0.3 is 6.16 Å². The predicted octanol–water partition coefficient (Wildman–Crippen LogP) is 0.629. The molecule has 0 unspecified atom stereocenters. The fraction of sp³-hybridized carbons (Fsp3) is 0.900. The van der Waals surface area contributed by atoms with Crippen molar-refractivity contribution in [3.05, 3.63) is 5.21 Å². The van der Waals surface area contributed by atoms with E-state index in [1.807, 2.05) is 0 Å². The molecule has 0 bridgehead atoms. The maximum Gasteiger partial charge on any atom is 0.511 e. The molecule has 19 heavy (non-hydrogen) atoms. The maximum atomic E-state index is 11.3. The van der Waals surface area contributed by atoms with Crippen LogP contribution in [0.4, 0.5) is 4.79 Å². The quantitative estimate of drug-likeness (QED) is 0.196. The van der Waals surface area contributed by atoms with Crippen LogP contribution in [0, 0.1) is 11.1 Å². The fourth-order valence-corrected chi connectivity index (χ4v) is 1.28. The third-order valence-electron chi connectivity index (χ3n) is 2.18. The third-order valence-corrected chi connectivity index (χ3v) is 2.18. The van der Waals surface area contributed by atoms with Gasteiger partial charge in [0.2, 0.25) is 5.28 Å². The Bertz CT molecular complexity index is 335. The van der Waals surface area contributed by atoms with Crippen LogP contribution in [-0.2, 0) is 14.3 Å². The fourth-order valence-electron chi connectivity index (χ4n) is 1.28. The largest absolute Gasteiger partial charge is 0.569 e. The average molecular weight is 277 g/mol. The van der Waals surface area contributed by atoms with Crippen LogP contribution in [0.5, 0.6) is 0 Å². The smallest absolute Gasteiger partial charge is 0.511 e. The van der Waals surface area contributed by atoms with Crippen LogP contribution in [0.25, 0.3) is 0 Å². The van der Waals surface area contributed by atoms with Crippen LogP contribution in [-0.4, -0.2) is 53.3 Å². The molecule has 1 aliphatic rings. The molecule has 1 fully saturated rings. The van der Waals surface area contributed by atoms with Gasteiger partial charge in [-0.05, 0) is 20.8 Å². The van der Waals surface area contributed by atoms with Crippen LogP contribution in [0.15, 0.2) is 5.28 Å². The monoisotopic (exact) mass is 277 g/mol. The Morgan fingerprint density at radius 2 is 2.16 bits per heavy atom. The van der Waals surface area contributed by atoms with Crippen molar-refractivity contribution < 1.29 is 29.2 Å². The molecule has 0 radical (unpaired) electrons. The first-order chi connectivity index (χ1) is 8.81. The summed E-state index contributed by atoms with van der Waals surface area (Å²) >= 11 is 0. The number of aliphatic hydroxyl groups excluding tert-OH is 1. The van der Waals surface area contributed by atoms with Gasteiger partial charge in [0.15, 0.2) is 0 Å². The molecule has 9 heteroatoms. The molecule has 0 spiro atoms. The summed E-state index contributed by atoms with van der Waals surface area (Å²) in [5.41, 5.74) is -0.657. The normalized spacial score (nSPS) is 16.8. The van der Waals surface area contributed by atoms with Crippen molar-refractivity contribution in [2.45, 2.75) is 26.4 Å². The van der Waals surface area contributed by atoms with E-state index in [0.29, 0.717) is 13.1 Å². The number of ether oxygens (including phenoxy) is 2. The van der Waals surface area contributed by atoms with Crippen LogP contribution in [0.2, 0.25) is 0 Å². The Kier molecular flexibility index (Phi) is 5.16. The lowest BCUT2D eigenvalue weighted by atomic mass is 10.0. The molecule has 0 amide bonds.